The molecule has 2 aromatic rings. The van der Waals surface area contributed by atoms with Crippen molar-refractivity contribution in [2.75, 3.05) is 23.7 Å². The first-order chi connectivity index (χ1) is 10.1. The molecule has 1 aromatic heterocycles. The highest BCUT2D eigenvalue weighted by Gasteiger charge is 2.10. The highest BCUT2D eigenvalue weighted by atomic mass is 15.1. The van der Waals surface area contributed by atoms with E-state index in [1.54, 1.807) is 0 Å². The quantitative estimate of drug-likeness (QED) is 0.802. The van der Waals surface area contributed by atoms with E-state index in [-0.39, 0.29) is 0 Å². The Kier molecular flexibility index (Phi) is 5.37. The van der Waals surface area contributed by atoms with Crippen molar-refractivity contribution in [2.45, 2.75) is 34.1 Å². The molecule has 4 nitrogen and oxygen atoms in total. The molecule has 0 saturated heterocycles. The van der Waals surface area contributed by atoms with Gasteiger partial charge in [0, 0.05) is 18.5 Å². The van der Waals surface area contributed by atoms with E-state index in [1.807, 2.05) is 18.2 Å². The number of para-hydroxylation sites is 1. The molecule has 114 valence electrons. The highest BCUT2D eigenvalue weighted by molar-refractivity contribution is 5.89. The van der Waals surface area contributed by atoms with Crippen molar-refractivity contribution in [1.82, 2.24) is 9.97 Å². The lowest BCUT2D eigenvalue weighted by atomic mass is 9.98. The Labute approximate surface area is 127 Å². The Morgan fingerprint density at radius 2 is 1.81 bits per heavy atom. The highest BCUT2D eigenvalue weighted by Crippen LogP contribution is 2.22. The van der Waals surface area contributed by atoms with Crippen molar-refractivity contribution < 1.29 is 0 Å². The molecule has 1 atom stereocenters. The van der Waals surface area contributed by atoms with E-state index in [0.29, 0.717) is 17.8 Å². The van der Waals surface area contributed by atoms with E-state index in [4.69, 9.17) is 0 Å². The van der Waals surface area contributed by atoms with E-state index in [9.17, 15) is 0 Å². The van der Waals surface area contributed by atoms with Crippen LogP contribution in [-0.2, 0) is 0 Å². The fraction of sp³-hybridized carbons (Fsp3) is 0.529. The smallest absolute Gasteiger partial charge is 0.225 e. The van der Waals surface area contributed by atoms with Crippen molar-refractivity contribution in [3.63, 3.8) is 0 Å². The lowest BCUT2D eigenvalue weighted by Crippen LogP contribution is -2.17. The van der Waals surface area contributed by atoms with Crippen molar-refractivity contribution in [3.05, 3.63) is 24.3 Å². The average molecular weight is 286 g/mol. The van der Waals surface area contributed by atoms with Crippen LogP contribution in [0.1, 0.15) is 34.1 Å². The van der Waals surface area contributed by atoms with Crippen LogP contribution >= 0.6 is 0 Å². The Morgan fingerprint density at radius 3 is 2.52 bits per heavy atom. The summed E-state index contributed by atoms with van der Waals surface area (Å²) in [7, 11) is 0. The van der Waals surface area contributed by atoms with Gasteiger partial charge in [-0.15, -0.1) is 0 Å². The van der Waals surface area contributed by atoms with E-state index < -0.39 is 0 Å². The van der Waals surface area contributed by atoms with Crippen LogP contribution < -0.4 is 10.6 Å². The standard InChI is InChI=1S/C17H26N4/c1-5-10-18-17-20-15-9-7-6-8-14(15)16(21-17)19-11-13(4)12(2)3/h6-9,12-13H,5,10-11H2,1-4H3,(H2,18,19,20,21). The van der Waals surface area contributed by atoms with Gasteiger partial charge in [-0.3, -0.25) is 0 Å². The molecule has 0 saturated carbocycles. The fourth-order valence-electron chi connectivity index (χ4n) is 2.02. The maximum Gasteiger partial charge on any atom is 0.225 e. The Hall–Kier alpha value is -1.84. The SMILES string of the molecule is CCCNc1nc(NCC(C)C(C)C)c2ccccc2n1. The zero-order chi connectivity index (χ0) is 15.2. The van der Waals surface area contributed by atoms with Gasteiger partial charge in [-0.1, -0.05) is 39.8 Å². The predicted octanol–water partition coefficient (Wildman–Crippen LogP) is 4.16. The Bertz CT molecular complexity index is 580. The molecule has 0 aliphatic heterocycles. The zero-order valence-corrected chi connectivity index (χ0v) is 13.5. The summed E-state index contributed by atoms with van der Waals surface area (Å²) in [5, 5.41) is 7.85. The van der Waals surface area contributed by atoms with Gasteiger partial charge in [0.05, 0.1) is 5.52 Å². The first-order valence-electron chi connectivity index (χ1n) is 7.86. The van der Waals surface area contributed by atoms with Crippen LogP contribution in [0.2, 0.25) is 0 Å². The van der Waals surface area contributed by atoms with Crippen molar-refractivity contribution in [1.29, 1.82) is 0 Å². The first kappa shape index (κ1) is 15.5. The average Bonchev–Trinajstić information content (AvgIpc) is 2.50. The third-order valence-electron chi connectivity index (χ3n) is 3.87. The summed E-state index contributed by atoms with van der Waals surface area (Å²) >= 11 is 0. The second-order valence-electron chi connectivity index (χ2n) is 5.94. The maximum atomic E-state index is 4.64. The number of hydrogen-bond donors (Lipinski definition) is 2. The van der Waals surface area contributed by atoms with Crippen LogP contribution in [0.3, 0.4) is 0 Å². The number of fused-ring (bicyclic) bond motifs is 1. The number of anilines is 2. The maximum absolute atomic E-state index is 4.64. The van der Waals surface area contributed by atoms with Gasteiger partial charge >= 0.3 is 0 Å². The number of hydrogen-bond acceptors (Lipinski definition) is 4. The number of nitrogens with zero attached hydrogens (tertiary/aromatic N) is 2. The molecular formula is C17H26N4. The van der Waals surface area contributed by atoms with Crippen LogP contribution in [0.25, 0.3) is 10.9 Å². The molecule has 1 heterocycles. The molecule has 0 spiro atoms. The molecule has 0 aliphatic carbocycles. The predicted molar refractivity (Wildman–Crippen MR) is 90.8 cm³/mol. The zero-order valence-electron chi connectivity index (χ0n) is 13.5. The molecule has 1 aromatic carbocycles. The van der Waals surface area contributed by atoms with Crippen molar-refractivity contribution in [3.8, 4) is 0 Å². The second-order valence-corrected chi connectivity index (χ2v) is 5.94. The van der Waals surface area contributed by atoms with Gasteiger partial charge in [0.1, 0.15) is 5.82 Å². The van der Waals surface area contributed by atoms with Gasteiger partial charge in [0.25, 0.3) is 0 Å². The largest absolute Gasteiger partial charge is 0.369 e. The lowest BCUT2D eigenvalue weighted by molar-refractivity contribution is 0.439. The molecule has 2 rings (SSSR count). The lowest BCUT2D eigenvalue weighted by Gasteiger charge is -2.18. The fourth-order valence-corrected chi connectivity index (χ4v) is 2.02. The minimum atomic E-state index is 0.603. The topological polar surface area (TPSA) is 49.8 Å². The van der Waals surface area contributed by atoms with Crippen molar-refractivity contribution in [2.24, 2.45) is 11.8 Å². The first-order valence-corrected chi connectivity index (χ1v) is 7.86. The van der Waals surface area contributed by atoms with Gasteiger partial charge in [-0.05, 0) is 30.4 Å². The normalized spacial score (nSPS) is 12.6. The number of aromatic nitrogens is 2. The molecule has 0 aliphatic rings. The van der Waals surface area contributed by atoms with Crippen molar-refractivity contribution >= 4 is 22.7 Å². The second kappa shape index (κ2) is 7.25. The molecule has 0 bridgehead atoms. The summed E-state index contributed by atoms with van der Waals surface area (Å²) in [6.07, 6.45) is 1.06. The number of benzene rings is 1. The summed E-state index contributed by atoms with van der Waals surface area (Å²) in [5.41, 5.74) is 0.978. The molecule has 0 fully saturated rings. The van der Waals surface area contributed by atoms with Crippen LogP contribution in [-0.4, -0.2) is 23.1 Å². The molecule has 2 N–H and O–H groups in total. The van der Waals surface area contributed by atoms with E-state index in [2.05, 4.69) is 54.4 Å². The monoisotopic (exact) mass is 286 g/mol. The summed E-state index contributed by atoms with van der Waals surface area (Å²) < 4.78 is 0. The molecule has 0 radical (unpaired) electrons. The minimum absolute atomic E-state index is 0.603. The number of rotatable bonds is 7. The summed E-state index contributed by atoms with van der Waals surface area (Å²) in [5.74, 6) is 2.89. The molecule has 1 unspecified atom stereocenters. The summed E-state index contributed by atoms with van der Waals surface area (Å²) in [6.45, 7) is 10.7. The summed E-state index contributed by atoms with van der Waals surface area (Å²) in [4.78, 5) is 9.21. The van der Waals surface area contributed by atoms with Crippen LogP contribution in [0.15, 0.2) is 24.3 Å². The Balaban J connectivity index is 2.26. The Morgan fingerprint density at radius 1 is 1.05 bits per heavy atom. The third kappa shape index (κ3) is 4.06. The van der Waals surface area contributed by atoms with E-state index in [1.165, 1.54) is 0 Å². The van der Waals surface area contributed by atoms with E-state index >= 15 is 0 Å². The van der Waals surface area contributed by atoms with Gasteiger partial charge in [-0.2, -0.15) is 4.98 Å². The third-order valence-corrected chi connectivity index (χ3v) is 3.87. The number of nitrogens with one attached hydrogen (secondary N) is 2. The van der Waals surface area contributed by atoms with Crippen LogP contribution in [0.4, 0.5) is 11.8 Å². The minimum Gasteiger partial charge on any atom is -0.369 e. The van der Waals surface area contributed by atoms with Gasteiger partial charge < -0.3 is 10.6 Å². The molecule has 21 heavy (non-hydrogen) atoms. The molecule has 4 heteroatoms. The van der Waals surface area contributed by atoms with Gasteiger partial charge in [0.2, 0.25) is 5.95 Å². The van der Waals surface area contributed by atoms with Crippen LogP contribution in [0.5, 0.6) is 0 Å². The molecular weight excluding hydrogens is 260 g/mol. The summed E-state index contributed by atoms with van der Waals surface area (Å²) in [6, 6.07) is 8.15. The van der Waals surface area contributed by atoms with Gasteiger partial charge in [0.15, 0.2) is 0 Å². The van der Waals surface area contributed by atoms with Crippen LogP contribution in [0, 0.1) is 11.8 Å². The van der Waals surface area contributed by atoms with Gasteiger partial charge in [-0.25, -0.2) is 4.98 Å². The van der Waals surface area contributed by atoms with E-state index in [0.717, 1.165) is 36.2 Å². The molecule has 0 amide bonds.